The quantitative estimate of drug-likeness (QED) is 0.0205. The zero-order valence-corrected chi connectivity index (χ0v) is 86.1. The maximum Gasteiger partial charge on any atom is 0.413 e. The topological polar surface area (TPSA) is 333 Å². The van der Waals surface area contributed by atoms with Crippen LogP contribution in [-0.4, -0.2) is 203 Å². The number of benzene rings is 7. The van der Waals surface area contributed by atoms with Crippen molar-refractivity contribution in [1.82, 2.24) is 44.9 Å². The number of aryl methyl sites for hydroxylation is 3. The number of esters is 1. The molecule has 136 heavy (non-hydrogen) atoms. The fraction of sp³-hybridized carbons (Fsp3) is 0.434. The van der Waals surface area contributed by atoms with Gasteiger partial charge in [-0.3, -0.25) is 19.2 Å². The molecule has 1 aliphatic heterocycles. The van der Waals surface area contributed by atoms with Gasteiger partial charge in [0.05, 0.1) is 48.5 Å². The molecule has 0 radical (unpaired) electrons. The number of aromatic nitrogens is 4. The molecule has 37 heteroatoms. The van der Waals surface area contributed by atoms with E-state index in [1.54, 1.807) is 18.2 Å². The third-order valence-electron chi connectivity index (χ3n) is 23.8. The van der Waals surface area contributed by atoms with E-state index < -0.39 is 69.6 Å². The van der Waals surface area contributed by atoms with Gasteiger partial charge >= 0.3 is 18.2 Å². The molecule has 5 aliphatic rings. The molecule has 3 saturated carbocycles. The lowest BCUT2D eigenvalue weighted by molar-refractivity contribution is -0.167. The number of alkyl carbamates (subject to hydrolysis) is 1. The Morgan fingerprint density at radius 2 is 1.15 bits per heavy atom. The number of methoxy groups -OCH3 is 2. The summed E-state index contributed by atoms with van der Waals surface area (Å²) < 4.78 is 126. The lowest BCUT2D eigenvalue weighted by atomic mass is 9.78. The zero-order chi connectivity index (χ0) is 98.3. The van der Waals surface area contributed by atoms with Gasteiger partial charge in [-0.2, -0.15) is 0 Å². The highest BCUT2D eigenvalue weighted by Crippen LogP contribution is 2.43. The molecule has 9 aromatic rings. The molecule has 11 atom stereocenters. The van der Waals surface area contributed by atoms with E-state index in [-0.39, 0.29) is 103 Å². The van der Waals surface area contributed by atoms with E-state index in [0.29, 0.717) is 77.5 Å². The summed E-state index contributed by atoms with van der Waals surface area (Å²) in [4.78, 5) is 67.4. The Morgan fingerprint density at radius 1 is 0.632 bits per heavy atom. The van der Waals surface area contributed by atoms with Crippen molar-refractivity contribution in [3.05, 3.63) is 259 Å². The Balaban J connectivity index is 0.000000233. The first-order valence-electron chi connectivity index (χ1n) is 44.1. The third-order valence-corrected chi connectivity index (χ3v) is 28.0. The fourth-order valence-corrected chi connectivity index (χ4v) is 20.7. The van der Waals surface area contributed by atoms with Gasteiger partial charge in [0.15, 0.2) is 6.73 Å². The van der Waals surface area contributed by atoms with E-state index in [1.165, 1.54) is 96.2 Å². The largest absolute Gasteiger partial charge is 0.497 e. The highest BCUT2D eigenvalue weighted by molar-refractivity contribution is 9.10. The van der Waals surface area contributed by atoms with Gasteiger partial charge in [0.2, 0.25) is 0 Å². The first-order chi connectivity index (χ1) is 63.3. The minimum atomic E-state index is -4.53. The second-order valence-electron chi connectivity index (χ2n) is 36.5. The molecule has 3 heterocycles. The van der Waals surface area contributed by atoms with Crippen LogP contribution in [0.2, 0.25) is 10.0 Å². The number of rotatable bonds is 20. The smallest absolute Gasteiger partial charge is 0.413 e. The van der Waals surface area contributed by atoms with Gasteiger partial charge in [0.25, 0.3) is 26.5 Å². The summed E-state index contributed by atoms with van der Waals surface area (Å²) in [6, 6.07) is 46.6. The summed E-state index contributed by atoms with van der Waals surface area (Å²) in [5, 5.41) is 13.0. The Morgan fingerprint density at radius 3 is 1.67 bits per heavy atom. The van der Waals surface area contributed by atoms with Crippen molar-refractivity contribution in [1.29, 1.82) is 0 Å². The second-order valence-corrected chi connectivity index (χ2v) is 41.7. The molecular formula is C99H127BrCl4F3N13O14S2. The van der Waals surface area contributed by atoms with Gasteiger partial charge in [-0.05, 0) is 269 Å². The van der Waals surface area contributed by atoms with Crippen molar-refractivity contribution in [3.8, 4) is 11.5 Å². The maximum absolute atomic E-state index is 15.0. The van der Waals surface area contributed by atoms with Crippen LogP contribution in [0.15, 0.2) is 197 Å². The monoisotopic (exact) mass is 2060 g/mol. The average molecular weight is 2070 g/mol. The molecule has 27 nitrogen and oxygen atoms in total. The number of hydrogen-bond donors (Lipinski definition) is 5. The number of nitrogens with two attached hydrogens (primary N) is 1. The van der Waals surface area contributed by atoms with Crippen LogP contribution < -0.4 is 34.9 Å². The lowest BCUT2D eigenvalue weighted by Crippen LogP contribution is -2.55. The van der Waals surface area contributed by atoms with Crippen molar-refractivity contribution in [3.63, 3.8) is 0 Å². The van der Waals surface area contributed by atoms with Crippen molar-refractivity contribution in [2.24, 2.45) is 11.7 Å². The van der Waals surface area contributed by atoms with E-state index >= 15 is 0 Å². The number of hydrogen-bond acceptors (Lipinski definition) is 22. The van der Waals surface area contributed by atoms with Gasteiger partial charge < -0.3 is 59.9 Å². The van der Waals surface area contributed by atoms with Crippen LogP contribution in [0.3, 0.4) is 0 Å². The van der Waals surface area contributed by atoms with Gasteiger partial charge in [-0.15, -0.1) is 24.8 Å². The van der Waals surface area contributed by atoms with E-state index in [0.717, 1.165) is 89.4 Å². The first kappa shape index (κ1) is 113. The molecule has 6 N–H and O–H groups in total. The van der Waals surface area contributed by atoms with Crippen LogP contribution in [0.25, 0.3) is 5.57 Å². The molecular weight excluding hydrogens is 1940 g/mol. The summed E-state index contributed by atoms with van der Waals surface area (Å²) in [6.07, 6.45) is 17.1. The van der Waals surface area contributed by atoms with Gasteiger partial charge in [-0.1, -0.05) is 147 Å². The standard InChI is InChI=1S/C25H29ClFN5O2S.C20H32N2O2.C19H22BrNO4.C19H16ClF2N3O4S.C15H24N2.CH2O2.2ClH/c1-16-5-4-6-17(11-16)18-7-8-21(23(12-18)32(2)3)30-22-14-20(27)24(13-19(22)26)35(33,34)31-25-9-10-28-15-29-25;1-14-8-7-9-15(12-14)16-10-11-17(18(13-16)22(5)6)21-19(23)24-20(2,3)4;1-19(2,3)25-18(23)21-11-24-17(22)15-10-13(7-8-16(15)21)12-5-4-6-14(20)9-12;1-28-13-4-3-12(17(7-13)29-2)10-25(19-5-6-23-11-24-19)30(26,27)18-8-14(20)15(21)9-16(18)22;1-11-5-4-6-12(9-11)13-7-8-14(16)15(10-13)17(2)3;2-1-3;;/h4-6,9-11,13-15,18,21,23,30H,7-8,12H2,1-3H3,(H,28,29,31);7-9,12,16-18H,10-11,13H2,1-6H3,(H,21,23);4-7,9,15-16H,8,10-11H2,1-3H3;3-9,11H,10H2,1-2H3;4-6,9,13-15H,7-8,10,16H2,1-3H3;1H,(H,2,3);2*1H/t18-,21-,23-;16-,17?,18-;15-,16?;;13-,14-,15-;;;/m000.0.../s1. The Hall–Kier alpha value is -9.91. The van der Waals surface area contributed by atoms with Crippen molar-refractivity contribution >= 4 is 132 Å². The van der Waals surface area contributed by atoms with Crippen molar-refractivity contribution < 1.29 is 78.0 Å². The third kappa shape index (κ3) is 32.3. The summed E-state index contributed by atoms with van der Waals surface area (Å²) in [7, 11) is 6.68. The molecule has 0 spiro atoms. The molecule has 1 saturated heterocycles. The summed E-state index contributed by atoms with van der Waals surface area (Å²) in [5.74, 6) is -1.32. The Labute approximate surface area is 829 Å². The first-order valence-corrected chi connectivity index (χ1v) is 48.6. The Bertz CT molecular complexity index is 5730. The minimum Gasteiger partial charge on any atom is -0.497 e. The fourth-order valence-electron chi connectivity index (χ4n) is 17.2. The number of nitrogens with zero attached hydrogens (tertiary/aromatic N) is 9. The van der Waals surface area contributed by atoms with E-state index in [9.17, 15) is 44.4 Å². The number of fused-ring (bicyclic) bond motifs is 1. The number of nitrogens with one attached hydrogen (secondary N) is 3. The molecule has 14 rings (SSSR count). The van der Waals surface area contributed by atoms with Gasteiger partial charge in [0, 0.05) is 76.9 Å². The summed E-state index contributed by atoms with van der Waals surface area (Å²) >= 11 is 15.6. The number of likely N-dealkylation sites (N-methyl/N-ethyl adjacent to an activating group) is 3. The van der Waals surface area contributed by atoms with Crippen molar-refractivity contribution in [2.45, 2.75) is 221 Å². The highest BCUT2D eigenvalue weighted by Gasteiger charge is 2.45. The molecule has 740 valence electrons. The second kappa shape index (κ2) is 51.7. The highest BCUT2D eigenvalue weighted by atomic mass is 79.9. The number of carboxylic acid groups (broad SMARTS) is 1. The molecule has 4 fully saturated rings. The number of carbonyl (C=O) groups excluding carboxylic acids is 3. The van der Waals surface area contributed by atoms with Crippen LogP contribution in [-0.2, 0) is 50.4 Å². The van der Waals surface area contributed by atoms with Crippen molar-refractivity contribution in [2.75, 3.05) is 77.6 Å². The number of cyclic esters (lactones) is 1. The molecule has 4 aliphatic carbocycles. The van der Waals surface area contributed by atoms with Crippen LogP contribution in [0.1, 0.15) is 174 Å². The lowest BCUT2D eigenvalue weighted by Gasteiger charge is -2.42. The van der Waals surface area contributed by atoms with Crippen LogP contribution in [0, 0.1) is 44.1 Å². The normalized spacial score (nSPS) is 20.2. The number of allylic oxidation sites excluding steroid dienone is 1. The zero-order valence-electron chi connectivity index (χ0n) is 79.7. The SMILES string of the molecule is CC(C)(C)OC(=O)N1COC(=O)[C@H]2CC(c3cccc(Br)c3)=CCC21.COc1ccc(CN(c2ccncn2)S(=O)(=O)c2cc(Cl)c(F)cc2F)c(OC)c1.Cc1cccc([C@H]2CCC(NC(=O)OC(C)(C)C)[C@@H](N(C)C)C2)c1.Cc1cccc([C@H]2CC[C@H](N)[C@@H](N(C)C)C2)c1.Cc1cccc([C@H]2CC[C@H](Nc3cc(F)c(S(=O)(=O)Nc4ccncn4)cc3Cl)[C@@H](N(C)C)C2)c1.Cl.Cl.O=CO. The number of sulfonamides is 2. The number of amides is 2. The summed E-state index contributed by atoms with van der Waals surface area (Å²) in [6.45, 7) is 17.0. The van der Waals surface area contributed by atoms with E-state index in [2.05, 4.69) is 194 Å². The average Bonchev–Trinajstić information content (AvgIpc) is 0.763. The van der Waals surface area contributed by atoms with Gasteiger partial charge in [0.1, 0.15) is 74.2 Å². The number of halogens is 8. The van der Waals surface area contributed by atoms with Gasteiger partial charge in [-0.25, -0.2) is 63.8 Å². The Kier molecular flexibility index (Phi) is 43.0. The molecule has 2 amide bonds. The number of ether oxygens (including phenoxy) is 5. The number of anilines is 3. The van der Waals surface area contributed by atoms with E-state index in [1.807, 2.05) is 79.9 Å². The summed E-state index contributed by atoms with van der Waals surface area (Å²) in [5.41, 5.74) is 16.3. The molecule has 0 bridgehead atoms. The van der Waals surface area contributed by atoms with E-state index in [4.69, 9.17) is 62.5 Å². The molecule has 2 unspecified atom stereocenters. The predicted molar refractivity (Wildman–Crippen MR) is 536 cm³/mol. The predicted octanol–water partition coefficient (Wildman–Crippen LogP) is 20.4. The van der Waals surface area contributed by atoms with Crippen LogP contribution in [0.5, 0.6) is 11.5 Å². The molecule has 7 aromatic carbocycles. The minimum absolute atomic E-state index is 0. The van der Waals surface area contributed by atoms with Crippen LogP contribution in [0.4, 0.5) is 40.1 Å². The van der Waals surface area contributed by atoms with Crippen LogP contribution >= 0.6 is 63.9 Å². The maximum atomic E-state index is 15.0. The number of carbonyl (C=O) groups is 4. The molecule has 2 aromatic heterocycles.